The van der Waals surface area contributed by atoms with E-state index in [1.807, 2.05) is 0 Å². The van der Waals surface area contributed by atoms with Crippen molar-refractivity contribution in [3.63, 3.8) is 0 Å². The Morgan fingerprint density at radius 1 is 1.24 bits per heavy atom. The molecule has 0 radical (unpaired) electrons. The number of hydrogen-bond acceptors (Lipinski definition) is 6. The summed E-state index contributed by atoms with van der Waals surface area (Å²) >= 11 is 6.08. The van der Waals surface area contributed by atoms with E-state index in [2.05, 4.69) is 10.1 Å². The summed E-state index contributed by atoms with van der Waals surface area (Å²) in [5, 5.41) is 15.1. The van der Waals surface area contributed by atoms with Crippen LogP contribution in [0.1, 0.15) is 22.7 Å². The van der Waals surface area contributed by atoms with Crippen molar-refractivity contribution in [1.82, 2.24) is 15.0 Å². The number of rotatable bonds is 4. The monoisotopic (exact) mass is 412 g/mol. The van der Waals surface area contributed by atoms with Gasteiger partial charge in [0.05, 0.1) is 5.69 Å². The zero-order valence-corrected chi connectivity index (χ0v) is 16.2. The highest BCUT2D eigenvalue weighted by atomic mass is 35.5. The summed E-state index contributed by atoms with van der Waals surface area (Å²) in [7, 11) is 1.62. The molecule has 0 spiro atoms. The van der Waals surface area contributed by atoms with Crippen LogP contribution < -0.4 is 5.73 Å². The van der Waals surface area contributed by atoms with Crippen LogP contribution in [0.15, 0.2) is 47.0 Å². The van der Waals surface area contributed by atoms with Crippen LogP contribution in [0, 0.1) is 0 Å². The molecule has 1 atom stereocenters. The number of aromatic nitrogens is 2. The first kappa shape index (κ1) is 19.1. The lowest BCUT2D eigenvalue weighted by Gasteiger charge is -2.16. The van der Waals surface area contributed by atoms with E-state index in [0.29, 0.717) is 34.1 Å². The van der Waals surface area contributed by atoms with Gasteiger partial charge >= 0.3 is 0 Å². The highest BCUT2D eigenvalue weighted by Gasteiger charge is 2.48. The molecule has 29 heavy (non-hydrogen) atoms. The van der Waals surface area contributed by atoms with E-state index in [-0.39, 0.29) is 17.9 Å². The van der Waals surface area contributed by atoms with E-state index in [4.69, 9.17) is 21.9 Å². The van der Waals surface area contributed by atoms with Gasteiger partial charge in [-0.05, 0) is 18.2 Å². The third-order valence-electron chi connectivity index (χ3n) is 4.92. The van der Waals surface area contributed by atoms with Gasteiger partial charge in [-0.15, -0.1) is 0 Å². The second-order valence-corrected chi connectivity index (χ2v) is 7.35. The molecule has 0 saturated carbocycles. The number of primary amides is 1. The normalized spacial score (nSPS) is 19.0. The highest BCUT2D eigenvalue weighted by molar-refractivity contribution is 6.31. The lowest BCUT2D eigenvalue weighted by Crippen LogP contribution is -2.35. The van der Waals surface area contributed by atoms with Crippen LogP contribution in [-0.2, 0) is 10.4 Å². The number of amides is 2. The summed E-state index contributed by atoms with van der Waals surface area (Å²) in [5.41, 5.74) is 5.96. The van der Waals surface area contributed by atoms with Crippen molar-refractivity contribution in [2.45, 2.75) is 12.0 Å². The van der Waals surface area contributed by atoms with Crippen molar-refractivity contribution in [3.8, 4) is 22.5 Å². The Kier molecular flexibility index (Phi) is 4.60. The van der Waals surface area contributed by atoms with Crippen molar-refractivity contribution >= 4 is 23.4 Å². The molecule has 8 nitrogen and oxygen atoms in total. The molecule has 0 bridgehead atoms. The van der Waals surface area contributed by atoms with Gasteiger partial charge in [-0.1, -0.05) is 35.0 Å². The smallest absolute Gasteiger partial charge is 0.267 e. The van der Waals surface area contributed by atoms with Crippen LogP contribution >= 0.6 is 11.6 Å². The van der Waals surface area contributed by atoms with Gasteiger partial charge in [-0.25, -0.2) is 4.98 Å². The first-order valence-corrected chi connectivity index (χ1v) is 9.19. The van der Waals surface area contributed by atoms with E-state index < -0.39 is 17.4 Å². The van der Waals surface area contributed by atoms with Crippen molar-refractivity contribution < 1.29 is 19.2 Å². The molecule has 2 aromatic heterocycles. The molecule has 4 rings (SSSR count). The second kappa shape index (κ2) is 6.98. The molecule has 3 heterocycles. The molecule has 1 aliphatic heterocycles. The molecule has 1 fully saturated rings. The Labute approximate surface area is 170 Å². The van der Waals surface area contributed by atoms with Gasteiger partial charge in [0.25, 0.3) is 11.8 Å². The largest absolute Gasteiger partial charge is 0.373 e. The number of aliphatic hydroxyl groups is 1. The molecule has 1 aliphatic rings. The Morgan fingerprint density at radius 3 is 2.62 bits per heavy atom. The van der Waals surface area contributed by atoms with Gasteiger partial charge in [0.1, 0.15) is 11.4 Å². The molecule has 1 aromatic carbocycles. The average Bonchev–Trinajstić information content (AvgIpc) is 3.30. The standard InChI is InChI=1S/C20H17ClN4O4/c1-25-6-5-20(28,19(25)27)17-10-15(24-29-17)12-4-2-3-11(7-12)14-8-13(21)9-16(23-14)18(22)26/h2-4,7-10,28H,5-6H2,1H3,(H2,22,26)/t20-/m1/s1. The summed E-state index contributed by atoms with van der Waals surface area (Å²) in [6.07, 6.45) is 0.235. The van der Waals surface area contributed by atoms with Crippen molar-refractivity contribution in [3.05, 3.63) is 58.9 Å². The summed E-state index contributed by atoms with van der Waals surface area (Å²) in [4.78, 5) is 29.4. The van der Waals surface area contributed by atoms with Crippen LogP contribution in [-0.4, -0.2) is 45.6 Å². The molecule has 3 N–H and O–H groups in total. The number of halogens is 1. The molecule has 2 amide bonds. The van der Waals surface area contributed by atoms with Crippen LogP contribution in [0.2, 0.25) is 5.02 Å². The summed E-state index contributed by atoms with van der Waals surface area (Å²) in [6.45, 7) is 0.434. The number of hydrogen-bond donors (Lipinski definition) is 2. The SMILES string of the molecule is CN1CC[C@@](O)(c2cc(-c3cccc(-c4cc(Cl)cc(C(N)=O)n4)c3)no2)C1=O. The predicted molar refractivity (Wildman–Crippen MR) is 105 cm³/mol. The average molecular weight is 413 g/mol. The lowest BCUT2D eigenvalue weighted by molar-refractivity contribution is -0.144. The number of carbonyl (C=O) groups excluding carboxylic acids is 2. The van der Waals surface area contributed by atoms with Crippen LogP contribution in [0.25, 0.3) is 22.5 Å². The molecule has 3 aromatic rings. The zero-order chi connectivity index (χ0) is 20.8. The van der Waals surface area contributed by atoms with Crippen molar-refractivity contribution in [1.29, 1.82) is 0 Å². The molecule has 0 aliphatic carbocycles. The van der Waals surface area contributed by atoms with E-state index in [0.717, 1.165) is 0 Å². The van der Waals surface area contributed by atoms with Crippen LogP contribution in [0.3, 0.4) is 0 Å². The molecule has 0 unspecified atom stereocenters. The minimum Gasteiger partial charge on any atom is -0.373 e. The minimum absolute atomic E-state index is 0.0627. The van der Waals surface area contributed by atoms with E-state index in [9.17, 15) is 14.7 Å². The van der Waals surface area contributed by atoms with Gasteiger partial charge in [0, 0.05) is 42.2 Å². The number of benzene rings is 1. The van der Waals surface area contributed by atoms with Crippen molar-refractivity contribution in [2.24, 2.45) is 5.73 Å². The number of likely N-dealkylation sites (N-methyl/N-ethyl adjacent to an activating group) is 1. The third-order valence-corrected chi connectivity index (χ3v) is 5.14. The fourth-order valence-electron chi connectivity index (χ4n) is 3.30. The van der Waals surface area contributed by atoms with Gasteiger partial charge in [-0.2, -0.15) is 0 Å². The van der Waals surface area contributed by atoms with Gasteiger partial charge < -0.3 is 20.3 Å². The van der Waals surface area contributed by atoms with Gasteiger partial charge in [-0.3, -0.25) is 9.59 Å². The fourth-order valence-corrected chi connectivity index (χ4v) is 3.50. The first-order chi connectivity index (χ1) is 13.8. The Bertz CT molecular complexity index is 1130. The highest BCUT2D eigenvalue weighted by Crippen LogP contribution is 2.35. The fraction of sp³-hybridized carbons (Fsp3) is 0.200. The van der Waals surface area contributed by atoms with Crippen LogP contribution in [0.4, 0.5) is 0 Å². The number of nitrogens with zero attached hydrogens (tertiary/aromatic N) is 3. The number of carbonyl (C=O) groups is 2. The number of likely N-dealkylation sites (tertiary alicyclic amines) is 1. The zero-order valence-electron chi connectivity index (χ0n) is 15.4. The second-order valence-electron chi connectivity index (χ2n) is 6.91. The van der Waals surface area contributed by atoms with E-state index >= 15 is 0 Å². The van der Waals surface area contributed by atoms with Crippen molar-refractivity contribution in [2.75, 3.05) is 13.6 Å². The topological polar surface area (TPSA) is 123 Å². The lowest BCUT2D eigenvalue weighted by atomic mass is 9.97. The molecule has 1 saturated heterocycles. The molecular formula is C20H17ClN4O4. The van der Waals surface area contributed by atoms with E-state index in [1.165, 1.54) is 11.0 Å². The molecule has 9 heteroatoms. The number of pyridine rings is 1. The maximum Gasteiger partial charge on any atom is 0.267 e. The summed E-state index contributed by atoms with van der Waals surface area (Å²) in [6, 6.07) is 11.8. The Morgan fingerprint density at radius 2 is 1.97 bits per heavy atom. The minimum atomic E-state index is -1.71. The summed E-state index contributed by atoms with van der Waals surface area (Å²) in [5.74, 6) is -0.995. The predicted octanol–water partition coefficient (Wildman–Crippen LogP) is 2.21. The van der Waals surface area contributed by atoms with Gasteiger partial charge in [0.15, 0.2) is 5.76 Å². The third kappa shape index (κ3) is 3.37. The maximum absolute atomic E-state index is 12.3. The maximum atomic E-state index is 12.3. The van der Waals surface area contributed by atoms with Crippen LogP contribution in [0.5, 0.6) is 0 Å². The summed E-state index contributed by atoms with van der Waals surface area (Å²) < 4.78 is 5.29. The quantitative estimate of drug-likeness (QED) is 0.677. The number of nitrogens with two attached hydrogens (primary N) is 1. The Hall–Kier alpha value is -3.23. The first-order valence-electron chi connectivity index (χ1n) is 8.81. The van der Waals surface area contributed by atoms with E-state index in [1.54, 1.807) is 43.4 Å². The molecular weight excluding hydrogens is 396 g/mol. The van der Waals surface area contributed by atoms with Gasteiger partial charge in [0.2, 0.25) is 5.60 Å². The Balaban J connectivity index is 1.70. The molecule has 148 valence electrons.